The quantitative estimate of drug-likeness (QED) is 0.730. The maximum Gasteiger partial charge on any atom is 0.344 e. The van der Waals surface area contributed by atoms with Crippen molar-refractivity contribution in [3.05, 3.63) is 42.5 Å². The van der Waals surface area contributed by atoms with Crippen LogP contribution in [0.1, 0.15) is 39.0 Å². The van der Waals surface area contributed by atoms with Gasteiger partial charge in [0.05, 0.1) is 0 Å². The zero-order valence-electron chi connectivity index (χ0n) is 15.3. The molecule has 4 saturated carbocycles. The number of benzene rings is 2. The van der Waals surface area contributed by atoms with E-state index in [-0.39, 0.29) is 18.2 Å². The van der Waals surface area contributed by atoms with Crippen molar-refractivity contribution in [2.24, 2.45) is 23.7 Å². The third-order valence-electron chi connectivity index (χ3n) is 7.17. The second-order valence-corrected chi connectivity index (χ2v) is 8.76. The van der Waals surface area contributed by atoms with E-state index in [0.717, 1.165) is 23.0 Å². The van der Waals surface area contributed by atoms with Gasteiger partial charge >= 0.3 is 5.97 Å². The summed E-state index contributed by atoms with van der Waals surface area (Å²) in [5.41, 5.74) is -0.281. The van der Waals surface area contributed by atoms with E-state index in [1.807, 2.05) is 30.3 Å². The molecular formula is C23H26O3. The fourth-order valence-electron chi connectivity index (χ4n) is 5.96. The van der Waals surface area contributed by atoms with Crippen LogP contribution >= 0.6 is 0 Å². The van der Waals surface area contributed by atoms with Crippen molar-refractivity contribution >= 4 is 16.7 Å². The van der Waals surface area contributed by atoms with Gasteiger partial charge in [-0.1, -0.05) is 30.3 Å². The minimum atomic E-state index is -0.281. The number of carbonyl (C=O) groups excluding carboxylic acids is 1. The molecule has 4 fully saturated rings. The monoisotopic (exact) mass is 350 g/mol. The van der Waals surface area contributed by atoms with Gasteiger partial charge in [0.15, 0.2) is 6.61 Å². The van der Waals surface area contributed by atoms with Gasteiger partial charge in [0.1, 0.15) is 11.4 Å². The summed E-state index contributed by atoms with van der Waals surface area (Å²) in [5.74, 6) is 3.33. The number of carbonyl (C=O) groups is 1. The Labute approximate surface area is 154 Å². The van der Waals surface area contributed by atoms with E-state index >= 15 is 0 Å². The van der Waals surface area contributed by atoms with Crippen molar-refractivity contribution in [2.75, 3.05) is 6.61 Å². The van der Waals surface area contributed by atoms with E-state index in [0.29, 0.717) is 11.8 Å². The largest absolute Gasteiger partial charge is 0.482 e. The first-order valence-electron chi connectivity index (χ1n) is 9.93. The zero-order chi connectivity index (χ0) is 17.7. The third kappa shape index (κ3) is 2.69. The Morgan fingerprint density at radius 1 is 0.962 bits per heavy atom. The molecule has 0 radical (unpaired) electrons. The Bertz CT molecular complexity index is 812. The second kappa shape index (κ2) is 6.00. The summed E-state index contributed by atoms with van der Waals surface area (Å²) in [4.78, 5) is 12.5. The van der Waals surface area contributed by atoms with E-state index in [1.54, 1.807) is 0 Å². The first-order valence-corrected chi connectivity index (χ1v) is 9.93. The van der Waals surface area contributed by atoms with Gasteiger partial charge in [-0.25, -0.2) is 4.79 Å². The molecule has 3 heteroatoms. The van der Waals surface area contributed by atoms with Gasteiger partial charge in [-0.3, -0.25) is 0 Å². The average Bonchev–Trinajstić information content (AvgIpc) is 2.64. The minimum Gasteiger partial charge on any atom is -0.482 e. The van der Waals surface area contributed by atoms with Crippen LogP contribution in [0.15, 0.2) is 42.5 Å². The Kier molecular flexibility index (Phi) is 3.73. The maximum absolute atomic E-state index is 12.5. The fourth-order valence-corrected chi connectivity index (χ4v) is 5.96. The molecule has 0 spiro atoms. The van der Waals surface area contributed by atoms with Crippen LogP contribution in [0.4, 0.5) is 0 Å². The molecule has 136 valence electrons. The lowest BCUT2D eigenvalue weighted by atomic mass is 9.50. The molecule has 0 saturated heterocycles. The van der Waals surface area contributed by atoms with Gasteiger partial charge in [-0.05, 0) is 85.6 Å². The SMILES string of the molecule is CC1(OC(=O)COc2ccc3ccccc3c2)C2CC3CC(C2)CC1C3. The first-order chi connectivity index (χ1) is 12.6. The predicted molar refractivity (Wildman–Crippen MR) is 101 cm³/mol. The molecule has 0 unspecified atom stereocenters. The van der Waals surface area contributed by atoms with E-state index in [4.69, 9.17) is 9.47 Å². The molecular weight excluding hydrogens is 324 g/mol. The number of esters is 1. The molecule has 0 amide bonds. The highest BCUT2D eigenvalue weighted by Gasteiger charge is 2.57. The molecule has 0 aromatic heterocycles. The summed E-state index contributed by atoms with van der Waals surface area (Å²) in [6, 6.07) is 14.1. The number of ether oxygens (including phenoxy) is 2. The van der Waals surface area contributed by atoms with Gasteiger partial charge < -0.3 is 9.47 Å². The van der Waals surface area contributed by atoms with Crippen LogP contribution in [0, 0.1) is 23.7 Å². The standard InChI is InChI=1S/C23H26O3/c1-23(19-9-15-8-16(11-19)12-20(23)10-15)26-22(24)14-25-21-7-6-17-4-2-3-5-18(17)13-21/h2-7,13,15-16,19-20H,8-12,14H2,1H3. The van der Waals surface area contributed by atoms with Gasteiger partial charge in [0, 0.05) is 0 Å². The van der Waals surface area contributed by atoms with Crippen molar-refractivity contribution in [3.63, 3.8) is 0 Å². The van der Waals surface area contributed by atoms with Crippen molar-refractivity contribution in [1.29, 1.82) is 0 Å². The van der Waals surface area contributed by atoms with Crippen LogP contribution in [0.5, 0.6) is 5.75 Å². The lowest BCUT2D eigenvalue weighted by Gasteiger charge is -2.59. The summed E-state index contributed by atoms with van der Waals surface area (Å²) in [7, 11) is 0. The molecule has 4 aliphatic carbocycles. The molecule has 6 rings (SSSR count). The van der Waals surface area contributed by atoms with Crippen molar-refractivity contribution in [2.45, 2.75) is 44.6 Å². The zero-order valence-corrected chi connectivity index (χ0v) is 15.3. The molecule has 0 N–H and O–H groups in total. The average molecular weight is 350 g/mol. The first kappa shape index (κ1) is 16.2. The van der Waals surface area contributed by atoms with Crippen LogP contribution in [-0.2, 0) is 9.53 Å². The van der Waals surface area contributed by atoms with Crippen LogP contribution < -0.4 is 4.74 Å². The van der Waals surface area contributed by atoms with Crippen LogP contribution in [0.3, 0.4) is 0 Å². The molecule has 0 aliphatic heterocycles. The number of fused-ring (bicyclic) bond motifs is 1. The van der Waals surface area contributed by atoms with E-state index in [1.165, 1.54) is 37.5 Å². The van der Waals surface area contributed by atoms with E-state index in [9.17, 15) is 4.79 Å². The van der Waals surface area contributed by atoms with Gasteiger partial charge in [-0.15, -0.1) is 0 Å². The Balaban J connectivity index is 1.24. The molecule has 2 aromatic rings. The van der Waals surface area contributed by atoms with Crippen LogP contribution in [0.2, 0.25) is 0 Å². The van der Waals surface area contributed by atoms with Crippen LogP contribution in [-0.4, -0.2) is 18.2 Å². The lowest BCUT2D eigenvalue weighted by Crippen LogP contribution is -2.58. The predicted octanol–water partition coefficient (Wildman–Crippen LogP) is 4.98. The molecule has 26 heavy (non-hydrogen) atoms. The Morgan fingerprint density at radius 3 is 2.31 bits per heavy atom. The minimum absolute atomic E-state index is 0.0137. The molecule has 0 heterocycles. The number of hydrogen-bond acceptors (Lipinski definition) is 3. The summed E-state index contributed by atoms with van der Waals surface area (Å²) in [6.07, 6.45) is 6.36. The highest BCUT2D eigenvalue weighted by molar-refractivity contribution is 5.83. The normalized spacial score (nSPS) is 34.8. The van der Waals surface area contributed by atoms with Crippen molar-refractivity contribution < 1.29 is 14.3 Å². The Hall–Kier alpha value is -2.03. The Morgan fingerprint density at radius 2 is 1.62 bits per heavy atom. The van der Waals surface area contributed by atoms with E-state index in [2.05, 4.69) is 19.1 Å². The third-order valence-corrected chi connectivity index (χ3v) is 7.17. The van der Waals surface area contributed by atoms with Crippen molar-refractivity contribution in [3.8, 4) is 5.75 Å². The van der Waals surface area contributed by atoms with E-state index < -0.39 is 0 Å². The van der Waals surface area contributed by atoms with Crippen molar-refractivity contribution in [1.82, 2.24) is 0 Å². The number of hydrogen-bond donors (Lipinski definition) is 0. The summed E-state index contributed by atoms with van der Waals surface area (Å²) < 4.78 is 11.8. The van der Waals surface area contributed by atoms with Gasteiger partial charge in [-0.2, -0.15) is 0 Å². The number of rotatable bonds is 4. The molecule has 4 bridgehead atoms. The fraction of sp³-hybridized carbons (Fsp3) is 0.522. The second-order valence-electron chi connectivity index (χ2n) is 8.76. The smallest absolute Gasteiger partial charge is 0.344 e. The molecule has 2 aromatic carbocycles. The van der Waals surface area contributed by atoms with Gasteiger partial charge in [0.25, 0.3) is 0 Å². The summed E-state index contributed by atoms with van der Waals surface area (Å²) >= 11 is 0. The van der Waals surface area contributed by atoms with Crippen LogP contribution in [0.25, 0.3) is 10.8 Å². The summed E-state index contributed by atoms with van der Waals surface area (Å²) in [5, 5.41) is 2.29. The highest BCUT2D eigenvalue weighted by atomic mass is 16.6. The highest BCUT2D eigenvalue weighted by Crippen LogP contribution is 2.59. The topological polar surface area (TPSA) is 35.5 Å². The molecule has 0 atom stereocenters. The van der Waals surface area contributed by atoms with Gasteiger partial charge in [0.2, 0.25) is 0 Å². The maximum atomic E-state index is 12.5. The lowest BCUT2D eigenvalue weighted by molar-refractivity contribution is -0.204. The molecule has 3 nitrogen and oxygen atoms in total. The molecule has 4 aliphatic rings. The summed E-state index contributed by atoms with van der Waals surface area (Å²) in [6.45, 7) is 2.16.